The Morgan fingerprint density at radius 1 is 1.53 bits per heavy atom. The highest BCUT2D eigenvalue weighted by atomic mass is 79.9. The second kappa shape index (κ2) is 5.12. The van der Waals surface area contributed by atoms with Crippen molar-refractivity contribution in [2.75, 3.05) is 0 Å². The highest BCUT2D eigenvalue weighted by molar-refractivity contribution is 9.08. The zero-order valence-electron chi connectivity index (χ0n) is 7.48. The van der Waals surface area contributed by atoms with E-state index in [0.717, 1.165) is 6.20 Å². The molecule has 0 N–H and O–H groups in total. The molecule has 0 fully saturated rings. The molecule has 0 aliphatic rings. The number of halogens is 4. The van der Waals surface area contributed by atoms with Gasteiger partial charge in [0.15, 0.2) is 0 Å². The van der Waals surface area contributed by atoms with Crippen molar-refractivity contribution in [1.29, 1.82) is 5.26 Å². The van der Waals surface area contributed by atoms with E-state index in [1.165, 1.54) is 0 Å². The third-order valence-electron chi connectivity index (χ3n) is 1.84. The van der Waals surface area contributed by atoms with E-state index in [0.29, 0.717) is 0 Å². The summed E-state index contributed by atoms with van der Waals surface area (Å²) in [6.45, 7) is 0. The van der Waals surface area contributed by atoms with Crippen molar-refractivity contribution in [1.82, 2.24) is 4.98 Å². The molecule has 0 aromatic carbocycles. The van der Waals surface area contributed by atoms with Crippen molar-refractivity contribution >= 4 is 15.9 Å². The molecule has 80 valence electrons. The molecule has 1 heterocycles. The van der Waals surface area contributed by atoms with E-state index >= 15 is 0 Å². The Morgan fingerprint density at radius 2 is 2.20 bits per heavy atom. The molecular formula is C9H6BrF3N2. The Kier molecular flexibility index (Phi) is 4.09. The summed E-state index contributed by atoms with van der Waals surface area (Å²) in [5.41, 5.74) is -0.546. The first-order chi connectivity index (χ1) is 7.11. The van der Waals surface area contributed by atoms with E-state index in [1.54, 1.807) is 6.07 Å². The van der Waals surface area contributed by atoms with Crippen molar-refractivity contribution in [3.05, 3.63) is 28.8 Å². The Hall–Kier alpha value is -1.09. The van der Waals surface area contributed by atoms with E-state index in [2.05, 4.69) is 20.9 Å². The average Bonchev–Trinajstić information content (AvgIpc) is 2.20. The van der Waals surface area contributed by atoms with Crippen LogP contribution in [0.1, 0.15) is 23.2 Å². The van der Waals surface area contributed by atoms with Crippen molar-refractivity contribution in [3.8, 4) is 6.07 Å². The maximum absolute atomic E-state index is 13.5. The number of rotatable bonds is 3. The van der Waals surface area contributed by atoms with Crippen LogP contribution in [0.3, 0.4) is 0 Å². The van der Waals surface area contributed by atoms with E-state index in [-0.39, 0.29) is 23.0 Å². The summed E-state index contributed by atoms with van der Waals surface area (Å²) in [5, 5.41) is 8.67. The van der Waals surface area contributed by atoms with Crippen molar-refractivity contribution in [2.24, 2.45) is 0 Å². The van der Waals surface area contributed by atoms with Crippen LogP contribution in [0.4, 0.5) is 13.2 Å². The van der Waals surface area contributed by atoms with Crippen LogP contribution in [0.15, 0.2) is 6.20 Å². The molecule has 0 saturated heterocycles. The van der Waals surface area contributed by atoms with Crippen LogP contribution >= 0.6 is 15.9 Å². The van der Waals surface area contributed by atoms with Crippen LogP contribution in [0, 0.1) is 17.1 Å². The number of hydrogen-bond acceptors (Lipinski definition) is 2. The second-order valence-corrected chi connectivity index (χ2v) is 3.28. The monoisotopic (exact) mass is 278 g/mol. The van der Waals surface area contributed by atoms with Gasteiger partial charge in [-0.3, -0.25) is 4.98 Å². The van der Waals surface area contributed by atoms with Gasteiger partial charge in [-0.05, 0) is 0 Å². The molecular weight excluding hydrogens is 273 g/mol. The van der Waals surface area contributed by atoms with Crippen molar-refractivity contribution < 1.29 is 13.2 Å². The lowest BCUT2D eigenvalue weighted by atomic mass is 10.1. The normalized spacial score (nSPS) is 10.4. The molecule has 1 rings (SSSR count). The molecule has 0 atom stereocenters. The molecule has 1 aromatic rings. The summed E-state index contributed by atoms with van der Waals surface area (Å²) in [6, 6.07) is 1.72. The minimum atomic E-state index is -2.92. The summed E-state index contributed by atoms with van der Waals surface area (Å²) >= 11 is 3.05. The second-order valence-electron chi connectivity index (χ2n) is 2.72. The molecule has 1 aromatic heterocycles. The first kappa shape index (κ1) is 12.0. The fraction of sp³-hybridized carbons (Fsp3) is 0.333. The maximum atomic E-state index is 13.5. The predicted octanol–water partition coefficient (Wildman–Crippen LogP) is 3.12. The van der Waals surface area contributed by atoms with Crippen LogP contribution in [-0.2, 0) is 11.8 Å². The topological polar surface area (TPSA) is 36.7 Å². The number of nitriles is 1. The van der Waals surface area contributed by atoms with Gasteiger partial charge in [-0.25, -0.2) is 13.2 Å². The molecule has 0 unspecified atom stereocenters. The third-order valence-corrected chi connectivity index (χ3v) is 2.37. The number of hydrogen-bond donors (Lipinski definition) is 0. The molecule has 0 saturated carbocycles. The Bertz CT molecular complexity index is 401. The van der Waals surface area contributed by atoms with Gasteiger partial charge in [0.2, 0.25) is 0 Å². The summed E-state index contributed by atoms with van der Waals surface area (Å²) in [7, 11) is 0. The molecule has 0 amide bonds. The first-order valence-electron chi connectivity index (χ1n) is 3.99. The van der Waals surface area contributed by atoms with Crippen LogP contribution < -0.4 is 0 Å². The molecule has 15 heavy (non-hydrogen) atoms. The van der Waals surface area contributed by atoms with Gasteiger partial charge in [0, 0.05) is 17.1 Å². The summed E-state index contributed by atoms with van der Waals surface area (Å²) in [4.78, 5) is 3.68. The highest BCUT2D eigenvalue weighted by Crippen LogP contribution is 2.25. The van der Waals surface area contributed by atoms with Gasteiger partial charge in [-0.2, -0.15) is 5.26 Å². The van der Waals surface area contributed by atoms with E-state index in [1.807, 2.05) is 0 Å². The Labute approximate surface area is 92.9 Å². The first-order valence-corrected chi connectivity index (χ1v) is 5.11. The zero-order valence-corrected chi connectivity index (χ0v) is 9.06. The third kappa shape index (κ3) is 2.48. The fourth-order valence-corrected chi connectivity index (χ4v) is 1.59. The quantitative estimate of drug-likeness (QED) is 0.797. The van der Waals surface area contributed by atoms with E-state index in [4.69, 9.17) is 5.26 Å². The lowest BCUT2D eigenvalue weighted by Crippen LogP contribution is -2.04. The van der Waals surface area contributed by atoms with Crippen molar-refractivity contribution in [2.45, 2.75) is 18.2 Å². The minimum absolute atomic E-state index is 0.0628. The summed E-state index contributed by atoms with van der Waals surface area (Å²) in [6.07, 6.45) is -2.38. The molecule has 0 bridgehead atoms. The Balaban J connectivity index is 3.30. The van der Waals surface area contributed by atoms with E-state index in [9.17, 15) is 13.2 Å². The molecule has 0 aliphatic carbocycles. The standard InChI is InChI=1S/C9H6BrF3N2/c10-3-7-5(1-2-14)8(11)6(4-15-7)9(12)13/h4,9H,1,3H2. The zero-order chi connectivity index (χ0) is 11.4. The molecule has 2 nitrogen and oxygen atoms in total. The highest BCUT2D eigenvalue weighted by Gasteiger charge is 2.19. The van der Waals surface area contributed by atoms with Gasteiger partial charge in [-0.15, -0.1) is 0 Å². The lowest BCUT2D eigenvalue weighted by Gasteiger charge is -2.08. The maximum Gasteiger partial charge on any atom is 0.268 e. The molecule has 0 radical (unpaired) electrons. The largest absolute Gasteiger partial charge is 0.268 e. The van der Waals surface area contributed by atoms with Crippen LogP contribution in [0.5, 0.6) is 0 Å². The van der Waals surface area contributed by atoms with Crippen LogP contribution in [-0.4, -0.2) is 4.98 Å². The predicted molar refractivity (Wildman–Crippen MR) is 51.1 cm³/mol. The van der Waals surface area contributed by atoms with Gasteiger partial charge >= 0.3 is 0 Å². The van der Waals surface area contributed by atoms with Crippen LogP contribution in [0.2, 0.25) is 0 Å². The summed E-state index contributed by atoms with van der Waals surface area (Å²) in [5.74, 6) is -1.03. The van der Waals surface area contributed by atoms with Gasteiger partial charge in [0.1, 0.15) is 5.82 Å². The average molecular weight is 279 g/mol. The van der Waals surface area contributed by atoms with Gasteiger partial charge in [-0.1, -0.05) is 15.9 Å². The number of nitrogens with zero attached hydrogens (tertiary/aromatic N) is 2. The van der Waals surface area contributed by atoms with Gasteiger partial charge in [0.05, 0.1) is 23.7 Å². The van der Waals surface area contributed by atoms with Crippen LogP contribution in [0.25, 0.3) is 0 Å². The number of alkyl halides is 3. The molecule has 0 aliphatic heterocycles. The minimum Gasteiger partial charge on any atom is -0.259 e. The van der Waals surface area contributed by atoms with Gasteiger partial charge < -0.3 is 0 Å². The lowest BCUT2D eigenvalue weighted by molar-refractivity contribution is 0.145. The van der Waals surface area contributed by atoms with Crippen molar-refractivity contribution in [3.63, 3.8) is 0 Å². The Morgan fingerprint density at radius 3 is 2.67 bits per heavy atom. The van der Waals surface area contributed by atoms with Gasteiger partial charge in [0.25, 0.3) is 6.43 Å². The number of aromatic nitrogens is 1. The summed E-state index contributed by atoms with van der Waals surface area (Å²) < 4.78 is 38.1. The molecule has 0 spiro atoms. The SMILES string of the molecule is N#CCc1c(CBr)ncc(C(F)F)c1F. The number of pyridine rings is 1. The molecule has 6 heteroatoms. The smallest absolute Gasteiger partial charge is 0.259 e. The van der Waals surface area contributed by atoms with E-state index < -0.39 is 17.8 Å². The fourth-order valence-electron chi connectivity index (χ4n) is 1.11.